The summed E-state index contributed by atoms with van der Waals surface area (Å²) >= 11 is 0. The van der Waals surface area contributed by atoms with E-state index in [0.29, 0.717) is 12.1 Å². The van der Waals surface area contributed by atoms with Crippen molar-refractivity contribution in [1.29, 1.82) is 0 Å². The largest absolute Gasteiger partial charge is 0.350 e. The van der Waals surface area contributed by atoms with Gasteiger partial charge in [-0.15, -0.1) is 0 Å². The molecule has 1 amide bonds. The van der Waals surface area contributed by atoms with Gasteiger partial charge in [-0.3, -0.25) is 9.69 Å². The Balaban J connectivity index is 1.71. The molecule has 1 aliphatic heterocycles. The molecular formula is C21H26FN3O. The molecule has 0 aliphatic carbocycles. The lowest BCUT2D eigenvalue weighted by molar-refractivity contribution is 0.0886. The van der Waals surface area contributed by atoms with Crippen LogP contribution in [0.15, 0.2) is 48.5 Å². The van der Waals surface area contributed by atoms with Gasteiger partial charge < -0.3 is 10.2 Å². The first-order valence-corrected chi connectivity index (χ1v) is 9.06. The molecule has 1 saturated heterocycles. The zero-order valence-corrected chi connectivity index (χ0v) is 15.4. The Hall–Kier alpha value is -2.24. The molecule has 2 aromatic rings. The summed E-state index contributed by atoms with van der Waals surface area (Å²) in [6.07, 6.45) is 0. The van der Waals surface area contributed by atoms with E-state index in [2.05, 4.69) is 22.2 Å². The molecule has 1 N–H and O–H groups in total. The molecule has 0 spiro atoms. The highest BCUT2D eigenvalue weighted by atomic mass is 19.1. The number of piperazine rings is 1. The van der Waals surface area contributed by atoms with E-state index in [0.717, 1.165) is 37.3 Å². The third-order valence-electron chi connectivity index (χ3n) is 5.00. The molecule has 1 atom stereocenters. The van der Waals surface area contributed by atoms with Crippen LogP contribution in [-0.4, -0.2) is 55.5 Å². The molecule has 0 bridgehead atoms. The van der Waals surface area contributed by atoms with Crippen LogP contribution in [0.4, 0.5) is 4.39 Å². The quantitative estimate of drug-likeness (QED) is 0.896. The van der Waals surface area contributed by atoms with Gasteiger partial charge in [0.25, 0.3) is 5.91 Å². The topological polar surface area (TPSA) is 35.6 Å². The van der Waals surface area contributed by atoms with Crippen molar-refractivity contribution < 1.29 is 9.18 Å². The van der Waals surface area contributed by atoms with Crippen LogP contribution in [0.2, 0.25) is 0 Å². The third kappa shape index (κ3) is 4.68. The van der Waals surface area contributed by atoms with Gasteiger partial charge in [0.05, 0.1) is 6.04 Å². The minimum atomic E-state index is -0.241. The second kappa shape index (κ2) is 8.43. The maximum Gasteiger partial charge on any atom is 0.251 e. The fourth-order valence-electron chi connectivity index (χ4n) is 3.27. The molecule has 2 aromatic carbocycles. The van der Waals surface area contributed by atoms with Crippen molar-refractivity contribution in [3.8, 4) is 0 Å². The van der Waals surface area contributed by atoms with Crippen LogP contribution in [0.25, 0.3) is 0 Å². The second-order valence-electron chi connectivity index (χ2n) is 6.98. The molecule has 4 nitrogen and oxygen atoms in total. The van der Waals surface area contributed by atoms with Crippen molar-refractivity contribution in [2.45, 2.75) is 13.0 Å². The number of amides is 1. The van der Waals surface area contributed by atoms with Gasteiger partial charge in [0.2, 0.25) is 0 Å². The van der Waals surface area contributed by atoms with E-state index in [4.69, 9.17) is 0 Å². The number of hydrogen-bond donors (Lipinski definition) is 1. The van der Waals surface area contributed by atoms with Crippen molar-refractivity contribution in [3.05, 3.63) is 71.0 Å². The summed E-state index contributed by atoms with van der Waals surface area (Å²) < 4.78 is 13.3. The van der Waals surface area contributed by atoms with Crippen LogP contribution >= 0.6 is 0 Å². The smallest absolute Gasteiger partial charge is 0.251 e. The maximum absolute atomic E-state index is 13.3. The summed E-state index contributed by atoms with van der Waals surface area (Å²) in [6.45, 7) is 6.34. The van der Waals surface area contributed by atoms with E-state index in [1.54, 1.807) is 0 Å². The Morgan fingerprint density at radius 1 is 1.04 bits per heavy atom. The lowest BCUT2D eigenvalue weighted by atomic mass is 10.0. The molecule has 1 unspecified atom stereocenters. The monoisotopic (exact) mass is 355 g/mol. The zero-order chi connectivity index (χ0) is 18.5. The van der Waals surface area contributed by atoms with E-state index in [9.17, 15) is 9.18 Å². The lowest BCUT2D eigenvalue weighted by Crippen LogP contribution is -2.48. The van der Waals surface area contributed by atoms with Crippen molar-refractivity contribution in [3.63, 3.8) is 0 Å². The molecule has 3 rings (SSSR count). The number of carbonyl (C=O) groups excluding carboxylic acids is 1. The van der Waals surface area contributed by atoms with Crippen LogP contribution in [-0.2, 0) is 0 Å². The van der Waals surface area contributed by atoms with Crippen LogP contribution in [0.5, 0.6) is 0 Å². The Labute approximate surface area is 154 Å². The number of nitrogens with one attached hydrogen (secondary N) is 1. The molecule has 1 fully saturated rings. The minimum Gasteiger partial charge on any atom is -0.350 e. The van der Waals surface area contributed by atoms with Gasteiger partial charge in [0, 0.05) is 38.3 Å². The predicted octanol–water partition coefficient (Wildman–Crippen LogP) is 2.85. The average Bonchev–Trinajstić information content (AvgIpc) is 2.65. The van der Waals surface area contributed by atoms with Crippen molar-refractivity contribution in [2.75, 3.05) is 39.8 Å². The Bertz CT molecular complexity index is 722. The first kappa shape index (κ1) is 18.5. The highest BCUT2D eigenvalue weighted by Crippen LogP contribution is 2.22. The number of halogens is 1. The van der Waals surface area contributed by atoms with E-state index in [1.165, 1.54) is 12.1 Å². The molecule has 26 heavy (non-hydrogen) atoms. The minimum absolute atomic E-state index is 0.0405. The van der Waals surface area contributed by atoms with Crippen LogP contribution in [0, 0.1) is 12.7 Å². The van der Waals surface area contributed by atoms with Crippen molar-refractivity contribution in [1.82, 2.24) is 15.1 Å². The standard InChI is InChI=1S/C21H26FN3O/c1-16-3-5-18(6-4-16)21(26)23-15-20(17-7-9-19(22)10-8-17)25-13-11-24(2)12-14-25/h3-10,20H,11-15H2,1-2H3,(H,23,26). The van der Waals surface area contributed by atoms with Gasteiger partial charge in [-0.25, -0.2) is 4.39 Å². The van der Waals surface area contributed by atoms with Crippen LogP contribution < -0.4 is 5.32 Å². The van der Waals surface area contributed by atoms with Gasteiger partial charge in [-0.2, -0.15) is 0 Å². The molecule has 0 saturated carbocycles. The maximum atomic E-state index is 13.3. The number of carbonyl (C=O) groups is 1. The molecule has 0 aromatic heterocycles. The normalized spacial score (nSPS) is 17.0. The first-order chi connectivity index (χ1) is 12.5. The SMILES string of the molecule is Cc1ccc(C(=O)NCC(c2ccc(F)cc2)N2CCN(C)CC2)cc1. The molecule has 5 heteroatoms. The predicted molar refractivity (Wildman–Crippen MR) is 102 cm³/mol. The molecule has 1 aliphatic rings. The average molecular weight is 355 g/mol. The number of nitrogens with zero attached hydrogens (tertiary/aromatic N) is 2. The number of hydrogen-bond acceptors (Lipinski definition) is 3. The summed E-state index contributed by atoms with van der Waals surface area (Å²) in [6, 6.07) is 14.2. The number of rotatable bonds is 5. The van der Waals surface area contributed by atoms with Gasteiger partial charge in [-0.1, -0.05) is 29.8 Å². The summed E-state index contributed by atoms with van der Waals surface area (Å²) in [4.78, 5) is 17.1. The highest BCUT2D eigenvalue weighted by Gasteiger charge is 2.24. The van der Waals surface area contributed by atoms with E-state index in [-0.39, 0.29) is 17.8 Å². The van der Waals surface area contributed by atoms with Gasteiger partial charge >= 0.3 is 0 Å². The summed E-state index contributed by atoms with van der Waals surface area (Å²) in [5, 5.41) is 3.05. The summed E-state index contributed by atoms with van der Waals surface area (Å²) in [5.74, 6) is -0.319. The Kier molecular flexibility index (Phi) is 6.01. The molecule has 138 valence electrons. The zero-order valence-electron chi connectivity index (χ0n) is 15.4. The third-order valence-corrected chi connectivity index (χ3v) is 5.00. The van der Waals surface area contributed by atoms with Crippen molar-refractivity contribution in [2.24, 2.45) is 0 Å². The lowest BCUT2D eigenvalue weighted by Gasteiger charge is -2.38. The van der Waals surface area contributed by atoms with Gasteiger partial charge in [0.15, 0.2) is 0 Å². The first-order valence-electron chi connectivity index (χ1n) is 9.06. The van der Waals surface area contributed by atoms with E-state index >= 15 is 0 Å². The molecule has 0 radical (unpaired) electrons. The van der Waals surface area contributed by atoms with E-state index in [1.807, 2.05) is 43.3 Å². The second-order valence-corrected chi connectivity index (χ2v) is 6.98. The van der Waals surface area contributed by atoms with Crippen LogP contribution in [0.3, 0.4) is 0 Å². The number of likely N-dealkylation sites (N-methyl/N-ethyl adjacent to an activating group) is 1. The summed E-state index contributed by atoms with van der Waals surface area (Å²) in [5.41, 5.74) is 2.81. The number of aryl methyl sites for hydroxylation is 1. The fraction of sp³-hybridized carbons (Fsp3) is 0.381. The Morgan fingerprint density at radius 2 is 1.65 bits per heavy atom. The fourth-order valence-corrected chi connectivity index (χ4v) is 3.27. The van der Waals surface area contributed by atoms with E-state index < -0.39 is 0 Å². The van der Waals surface area contributed by atoms with Crippen LogP contribution in [0.1, 0.15) is 27.5 Å². The number of benzene rings is 2. The van der Waals surface area contributed by atoms with Gasteiger partial charge in [-0.05, 0) is 43.8 Å². The molecule has 1 heterocycles. The Morgan fingerprint density at radius 3 is 2.27 bits per heavy atom. The summed E-state index contributed by atoms with van der Waals surface area (Å²) in [7, 11) is 2.11. The molecular weight excluding hydrogens is 329 g/mol. The van der Waals surface area contributed by atoms with Gasteiger partial charge in [0.1, 0.15) is 5.82 Å². The van der Waals surface area contributed by atoms with Crippen molar-refractivity contribution >= 4 is 5.91 Å². The highest BCUT2D eigenvalue weighted by molar-refractivity contribution is 5.94.